The summed E-state index contributed by atoms with van der Waals surface area (Å²) in [5.41, 5.74) is 2.81. The van der Waals surface area contributed by atoms with Crippen molar-refractivity contribution in [1.29, 1.82) is 0 Å². The Morgan fingerprint density at radius 2 is 2.14 bits per heavy atom. The van der Waals surface area contributed by atoms with Gasteiger partial charge in [0, 0.05) is 18.8 Å². The molecule has 74 valence electrons. The largest absolute Gasteiger partial charge is 0.380 e. The minimum Gasteiger partial charge on any atom is -0.380 e. The summed E-state index contributed by atoms with van der Waals surface area (Å²) in [6.45, 7) is 6.18. The van der Waals surface area contributed by atoms with Gasteiger partial charge in [-0.1, -0.05) is 0 Å². The molecule has 0 radical (unpaired) electrons. The number of nitrogens with zero attached hydrogens (tertiary/aromatic N) is 2. The number of ether oxygens (including phenoxy) is 1. The Hall–Kier alpha value is -1.09. The lowest BCUT2D eigenvalue weighted by atomic mass is 9.78. The molecule has 0 aromatic carbocycles. The topological polar surface area (TPSA) is 25.4 Å². The number of rotatable bonds is 1. The second-order valence-electron chi connectivity index (χ2n) is 4.51. The van der Waals surface area contributed by atoms with Crippen LogP contribution in [0.15, 0.2) is 18.3 Å². The second-order valence-corrected chi connectivity index (χ2v) is 4.51. The first-order valence-electron chi connectivity index (χ1n) is 5.03. The van der Waals surface area contributed by atoms with Gasteiger partial charge in [0.05, 0.1) is 30.5 Å². The van der Waals surface area contributed by atoms with Gasteiger partial charge >= 0.3 is 0 Å². The van der Waals surface area contributed by atoms with Crippen molar-refractivity contribution in [2.24, 2.45) is 5.41 Å². The molecule has 1 aromatic heterocycles. The standard InChI is InChI=1S/C11H14N2O/c1-9-2-3-10(4-12-9)13-5-11(6-13)7-14-8-11/h2-4H,5-8H2,1H3. The van der Waals surface area contributed by atoms with Gasteiger partial charge in [0.15, 0.2) is 0 Å². The third kappa shape index (κ3) is 1.12. The Balaban J connectivity index is 1.70. The maximum atomic E-state index is 5.24. The van der Waals surface area contributed by atoms with E-state index in [0.717, 1.165) is 32.0 Å². The van der Waals surface area contributed by atoms with Crippen molar-refractivity contribution in [1.82, 2.24) is 4.98 Å². The Labute approximate surface area is 83.7 Å². The molecule has 2 fully saturated rings. The molecule has 0 saturated carbocycles. The van der Waals surface area contributed by atoms with E-state index in [1.165, 1.54) is 5.69 Å². The lowest BCUT2D eigenvalue weighted by molar-refractivity contribution is -0.127. The zero-order chi connectivity index (χ0) is 9.60. The summed E-state index contributed by atoms with van der Waals surface area (Å²) in [4.78, 5) is 6.67. The summed E-state index contributed by atoms with van der Waals surface area (Å²) in [5, 5.41) is 0. The third-order valence-electron chi connectivity index (χ3n) is 3.13. The molecular weight excluding hydrogens is 176 g/mol. The highest BCUT2D eigenvalue weighted by Crippen LogP contribution is 2.39. The second kappa shape index (κ2) is 2.70. The van der Waals surface area contributed by atoms with Crippen LogP contribution in [0.3, 0.4) is 0 Å². The highest BCUT2D eigenvalue weighted by atomic mass is 16.5. The monoisotopic (exact) mass is 190 g/mol. The van der Waals surface area contributed by atoms with Gasteiger partial charge < -0.3 is 9.64 Å². The summed E-state index contributed by atoms with van der Waals surface area (Å²) >= 11 is 0. The van der Waals surface area contributed by atoms with Crippen LogP contribution in [0.25, 0.3) is 0 Å². The molecule has 3 heterocycles. The maximum Gasteiger partial charge on any atom is 0.0579 e. The van der Waals surface area contributed by atoms with Crippen molar-refractivity contribution in [3.8, 4) is 0 Å². The fourth-order valence-corrected chi connectivity index (χ4v) is 2.17. The van der Waals surface area contributed by atoms with Gasteiger partial charge in [0.25, 0.3) is 0 Å². The number of hydrogen-bond donors (Lipinski definition) is 0. The number of hydrogen-bond acceptors (Lipinski definition) is 3. The number of aromatic nitrogens is 1. The smallest absolute Gasteiger partial charge is 0.0579 e. The van der Waals surface area contributed by atoms with Gasteiger partial charge in [0.1, 0.15) is 0 Å². The van der Waals surface area contributed by atoms with Crippen LogP contribution in [0.2, 0.25) is 0 Å². The van der Waals surface area contributed by atoms with Crippen LogP contribution in [0.1, 0.15) is 5.69 Å². The minimum atomic E-state index is 0.491. The first-order chi connectivity index (χ1) is 6.77. The molecule has 1 spiro atoms. The van der Waals surface area contributed by atoms with Crippen LogP contribution < -0.4 is 4.90 Å². The van der Waals surface area contributed by atoms with Gasteiger partial charge in [-0.2, -0.15) is 0 Å². The van der Waals surface area contributed by atoms with E-state index in [2.05, 4.69) is 22.0 Å². The van der Waals surface area contributed by atoms with Gasteiger partial charge in [0.2, 0.25) is 0 Å². The molecule has 3 rings (SSSR count). The summed E-state index contributed by atoms with van der Waals surface area (Å²) in [5.74, 6) is 0. The predicted octanol–water partition coefficient (Wildman–Crippen LogP) is 1.23. The fraction of sp³-hybridized carbons (Fsp3) is 0.545. The molecule has 0 amide bonds. The summed E-state index contributed by atoms with van der Waals surface area (Å²) in [6, 6.07) is 4.21. The molecule has 2 aliphatic rings. The third-order valence-corrected chi connectivity index (χ3v) is 3.13. The molecule has 0 atom stereocenters. The van der Waals surface area contributed by atoms with Gasteiger partial charge in [-0.15, -0.1) is 0 Å². The van der Waals surface area contributed by atoms with Crippen LogP contribution in [0, 0.1) is 12.3 Å². The number of pyridine rings is 1. The zero-order valence-corrected chi connectivity index (χ0v) is 8.36. The van der Waals surface area contributed by atoms with E-state index >= 15 is 0 Å². The van der Waals surface area contributed by atoms with Crippen molar-refractivity contribution < 1.29 is 4.74 Å². The fourth-order valence-electron chi connectivity index (χ4n) is 2.17. The lowest BCUT2D eigenvalue weighted by Crippen LogP contribution is -2.66. The van der Waals surface area contributed by atoms with Crippen molar-refractivity contribution in [2.75, 3.05) is 31.2 Å². The normalized spacial score (nSPS) is 23.1. The maximum absolute atomic E-state index is 5.24. The summed E-state index contributed by atoms with van der Waals surface area (Å²) in [7, 11) is 0. The average molecular weight is 190 g/mol. The molecule has 0 bridgehead atoms. The predicted molar refractivity (Wildman–Crippen MR) is 54.4 cm³/mol. The molecule has 0 N–H and O–H groups in total. The van der Waals surface area contributed by atoms with E-state index in [4.69, 9.17) is 4.74 Å². The average Bonchev–Trinajstić information content (AvgIpc) is 2.03. The van der Waals surface area contributed by atoms with Crippen molar-refractivity contribution in [2.45, 2.75) is 6.92 Å². The summed E-state index contributed by atoms with van der Waals surface area (Å²) < 4.78 is 5.24. The molecule has 1 aromatic rings. The quantitative estimate of drug-likeness (QED) is 0.666. The summed E-state index contributed by atoms with van der Waals surface area (Å²) in [6.07, 6.45) is 1.96. The van der Waals surface area contributed by atoms with Crippen LogP contribution in [-0.4, -0.2) is 31.3 Å². The number of aryl methyl sites for hydroxylation is 1. The van der Waals surface area contributed by atoms with Crippen LogP contribution in [0.5, 0.6) is 0 Å². The van der Waals surface area contributed by atoms with E-state index in [1.54, 1.807) is 0 Å². The molecule has 2 aliphatic heterocycles. The Kier molecular flexibility index (Phi) is 1.59. The Bertz CT molecular complexity index is 335. The first-order valence-corrected chi connectivity index (χ1v) is 5.03. The van der Waals surface area contributed by atoms with Gasteiger partial charge in [-0.05, 0) is 19.1 Å². The van der Waals surface area contributed by atoms with Crippen LogP contribution in [-0.2, 0) is 4.74 Å². The van der Waals surface area contributed by atoms with Crippen molar-refractivity contribution in [3.63, 3.8) is 0 Å². The highest BCUT2D eigenvalue weighted by Gasteiger charge is 2.49. The Morgan fingerprint density at radius 1 is 1.36 bits per heavy atom. The first kappa shape index (κ1) is 8.24. The van der Waals surface area contributed by atoms with E-state index in [9.17, 15) is 0 Å². The van der Waals surface area contributed by atoms with Crippen LogP contribution in [0.4, 0.5) is 5.69 Å². The molecular formula is C11H14N2O. The van der Waals surface area contributed by atoms with E-state index in [0.29, 0.717) is 5.41 Å². The van der Waals surface area contributed by atoms with Gasteiger partial charge in [-0.3, -0.25) is 4.98 Å². The zero-order valence-electron chi connectivity index (χ0n) is 8.36. The molecule has 0 aliphatic carbocycles. The molecule has 0 unspecified atom stereocenters. The lowest BCUT2D eigenvalue weighted by Gasteiger charge is -2.55. The molecule has 3 nitrogen and oxygen atoms in total. The van der Waals surface area contributed by atoms with Gasteiger partial charge in [-0.25, -0.2) is 0 Å². The molecule has 14 heavy (non-hydrogen) atoms. The highest BCUT2D eigenvalue weighted by molar-refractivity contribution is 5.48. The van der Waals surface area contributed by atoms with E-state index in [1.807, 2.05) is 13.1 Å². The SMILES string of the molecule is Cc1ccc(N2CC3(COC3)C2)cn1. The van der Waals surface area contributed by atoms with E-state index < -0.39 is 0 Å². The van der Waals surface area contributed by atoms with Crippen LogP contribution >= 0.6 is 0 Å². The van der Waals surface area contributed by atoms with E-state index in [-0.39, 0.29) is 0 Å². The Morgan fingerprint density at radius 3 is 2.64 bits per heavy atom. The molecule has 3 heteroatoms. The van der Waals surface area contributed by atoms with Crippen molar-refractivity contribution in [3.05, 3.63) is 24.0 Å². The number of anilines is 1. The van der Waals surface area contributed by atoms with Crippen molar-refractivity contribution >= 4 is 5.69 Å². The minimum absolute atomic E-state index is 0.491. The molecule has 2 saturated heterocycles.